The van der Waals surface area contributed by atoms with Crippen LogP contribution in [0.1, 0.15) is 53.2 Å². The summed E-state index contributed by atoms with van der Waals surface area (Å²) in [5.74, 6) is -0.458. The normalized spacial score (nSPS) is 17.2. The highest BCUT2D eigenvalue weighted by molar-refractivity contribution is 5.95. The lowest BCUT2D eigenvalue weighted by Crippen LogP contribution is -2.29. The first kappa shape index (κ1) is 21.9. The number of fused-ring (bicyclic) bond motifs is 1. The molecule has 9 heteroatoms. The summed E-state index contributed by atoms with van der Waals surface area (Å²) in [6, 6.07) is 5.19. The number of likely N-dealkylation sites (tertiary alicyclic amines) is 1. The third kappa shape index (κ3) is 4.20. The van der Waals surface area contributed by atoms with Gasteiger partial charge in [0.1, 0.15) is 5.82 Å². The van der Waals surface area contributed by atoms with Crippen LogP contribution >= 0.6 is 0 Å². The van der Waals surface area contributed by atoms with Gasteiger partial charge in [-0.05, 0) is 76.5 Å². The molecule has 4 heterocycles. The van der Waals surface area contributed by atoms with E-state index in [-0.39, 0.29) is 17.5 Å². The van der Waals surface area contributed by atoms with Crippen LogP contribution in [0.2, 0.25) is 0 Å². The minimum atomic E-state index is -0.523. The maximum absolute atomic E-state index is 14.6. The van der Waals surface area contributed by atoms with Crippen LogP contribution < -0.4 is 5.32 Å². The van der Waals surface area contributed by atoms with Crippen molar-refractivity contribution in [1.82, 2.24) is 34.6 Å². The van der Waals surface area contributed by atoms with Crippen LogP contribution in [-0.2, 0) is 0 Å². The average molecular weight is 474 g/mol. The molecule has 2 fully saturated rings. The fourth-order valence-corrected chi connectivity index (χ4v) is 4.78. The molecule has 0 radical (unpaired) electrons. The number of nitrogens with zero attached hydrogens (tertiary/aromatic N) is 6. The number of rotatable bonds is 5. The van der Waals surface area contributed by atoms with Crippen LogP contribution in [0.15, 0.2) is 43.0 Å². The van der Waals surface area contributed by atoms with Crippen LogP contribution in [0.5, 0.6) is 0 Å². The quantitative estimate of drug-likeness (QED) is 0.478. The van der Waals surface area contributed by atoms with Gasteiger partial charge in [0, 0.05) is 41.2 Å². The Morgan fingerprint density at radius 1 is 1.11 bits per heavy atom. The highest BCUT2D eigenvalue weighted by atomic mass is 19.1. The summed E-state index contributed by atoms with van der Waals surface area (Å²) < 4.78 is 18.0. The van der Waals surface area contributed by atoms with Gasteiger partial charge in [0.05, 0.1) is 23.6 Å². The summed E-state index contributed by atoms with van der Waals surface area (Å²) in [7, 11) is 2.16. The van der Waals surface area contributed by atoms with Crippen LogP contribution in [0.25, 0.3) is 22.5 Å². The van der Waals surface area contributed by atoms with Gasteiger partial charge in [-0.1, -0.05) is 0 Å². The van der Waals surface area contributed by atoms with Gasteiger partial charge < -0.3 is 10.2 Å². The Bertz CT molecular complexity index is 1410. The third-order valence-corrected chi connectivity index (χ3v) is 7.11. The molecule has 1 aliphatic carbocycles. The molecule has 0 spiro atoms. The topological polar surface area (TPSA) is 80.4 Å². The van der Waals surface area contributed by atoms with Crippen molar-refractivity contribution in [3.05, 3.63) is 65.6 Å². The van der Waals surface area contributed by atoms with Crippen LogP contribution in [-0.4, -0.2) is 61.4 Å². The zero-order valence-electron chi connectivity index (χ0n) is 19.9. The monoisotopic (exact) mass is 473 g/mol. The number of nitrogens with one attached hydrogen (secondary N) is 1. The number of carbonyl (C=O) groups excluding carboxylic acids is 1. The Kier molecular flexibility index (Phi) is 5.36. The average Bonchev–Trinajstić information content (AvgIpc) is 3.36. The summed E-state index contributed by atoms with van der Waals surface area (Å²) in [5, 5.41) is 11.9. The molecule has 1 N–H and O–H groups in total. The van der Waals surface area contributed by atoms with E-state index in [1.165, 1.54) is 6.07 Å². The number of amides is 1. The number of aromatic nitrogens is 5. The molecule has 35 heavy (non-hydrogen) atoms. The number of piperidine rings is 1. The van der Waals surface area contributed by atoms with Gasteiger partial charge in [-0.25, -0.2) is 18.6 Å². The Morgan fingerprint density at radius 2 is 1.91 bits per heavy atom. The first-order valence-electron chi connectivity index (χ1n) is 12.2. The molecular formula is C26H28FN7O. The smallest absolute Gasteiger partial charge is 0.254 e. The standard InChI is InChI=1S/C26H28FN7O/c1-16-11-22(27)20(26(35)30-19-3-4-19)12-24(16)34-15-18(13-28-34)21-14-29-33-10-7-23(31-25(21)33)17-5-8-32(2)9-6-17/h7,10-15,17,19H,3-6,8-9H2,1-2H3,(H,30,35). The van der Waals surface area contributed by atoms with E-state index in [9.17, 15) is 9.18 Å². The van der Waals surface area contributed by atoms with Crippen molar-refractivity contribution >= 4 is 11.6 Å². The van der Waals surface area contributed by atoms with Crippen molar-refractivity contribution in [2.75, 3.05) is 20.1 Å². The third-order valence-electron chi connectivity index (χ3n) is 7.11. The highest BCUT2D eigenvalue weighted by Gasteiger charge is 2.26. The molecule has 1 amide bonds. The summed E-state index contributed by atoms with van der Waals surface area (Å²) in [4.78, 5) is 19.9. The van der Waals surface area contributed by atoms with Gasteiger partial charge in [-0.3, -0.25) is 4.79 Å². The highest BCUT2D eigenvalue weighted by Crippen LogP contribution is 2.30. The van der Waals surface area contributed by atoms with E-state index in [4.69, 9.17) is 4.98 Å². The van der Waals surface area contributed by atoms with Gasteiger partial charge in [0.2, 0.25) is 0 Å². The van der Waals surface area contributed by atoms with E-state index in [1.807, 2.05) is 19.3 Å². The second kappa shape index (κ2) is 8.57. The number of benzene rings is 1. The van der Waals surface area contributed by atoms with E-state index in [1.54, 1.807) is 27.7 Å². The lowest BCUT2D eigenvalue weighted by Gasteiger charge is -2.28. The number of aryl methyl sites for hydroxylation is 1. The fraction of sp³-hybridized carbons (Fsp3) is 0.385. The van der Waals surface area contributed by atoms with E-state index in [0.29, 0.717) is 17.2 Å². The largest absolute Gasteiger partial charge is 0.349 e. The maximum Gasteiger partial charge on any atom is 0.254 e. The molecule has 0 unspecified atom stereocenters. The van der Waals surface area contributed by atoms with Gasteiger partial charge in [-0.2, -0.15) is 10.2 Å². The molecular weight excluding hydrogens is 445 g/mol. The SMILES string of the molecule is Cc1cc(F)c(C(=O)NC2CC2)cc1-n1cc(-c2cnn3ccc(C4CCN(C)CC4)nc23)cn1. The molecule has 8 nitrogen and oxygen atoms in total. The molecule has 1 saturated heterocycles. The Balaban J connectivity index is 1.33. The fourth-order valence-electron chi connectivity index (χ4n) is 4.78. The molecule has 0 bridgehead atoms. The summed E-state index contributed by atoms with van der Waals surface area (Å²) in [6.45, 7) is 3.97. The Morgan fingerprint density at radius 3 is 2.69 bits per heavy atom. The van der Waals surface area contributed by atoms with Crippen LogP contribution in [0, 0.1) is 12.7 Å². The predicted octanol–water partition coefficient (Wildman–Crippen LogP) is 3.73. The van der Waals surface area contributed by atoms with Crippen LogP contribution in [0.3, 0.4) is 0 Å². The molecule has 1 aliphatic heterocycles. The minimum Gasteiger partial charge on any atom is -0.349 e. The summed E-state index contributed by atoms with van der Waals surface area (Å²) in [5.41, 5.74) is 5.03. The molecule has 1 saturated carbocycles. The Labute approximate surface area is 202 Å². The molecule has 180 valence electrons. The summed E-state index contributed by atoms with van der Waals surface area (Å²) in [6.07, 6.45) is 11.5. The molecule has 6 rings (SSSR count). The second-order valence-corrected chi connectivity index (χ2v) is 9.80. The summed E-state index contributed by atoms with van der Waals surface area (Å²) >= 11 is 0. The van der Waals surface area contributed by atoms with Crippen molar-refractivity contribution in [3.8, 4) is 16.8 Å². The molecule has 0 atom stereocenters. The maximum atomic E-state index is 14.6. The van der Waals surface area contributed by atoms with Crippen molar-refractivity contribution in [2.45, 2.75) is 44.6 Å². The van der Waals surface area contributed by atoms with E-state index in [2.05, 4.69) is 33.5 Å². The molecule has 2 aliphatic rings. The molecule has 3 aromatic heterocycles. The van der Waals surface area contributed by atoms with E-state index >= 15 is 0 Å². The van der Waals surface area contributed by atoms with Crippen molar-refractivity contribution in [3.63, 3.8) is 0 Å². The van der Waals surface area contributed by atoms with Gasteiger partial charge >= 0.3 is 0 Å². The first-order valence-corrected chi connectivity index (χ1v) is 12.2. The number of hydrogen-bond acceptors (Lipinski definition) is 5. The molecule has 1 aromatic carbocycles. The van der Waals surface area contributed by atoms with Crippen molar-refractivity contribution < 1.29 is 9.18 Å². The van der Waals surface area contributed by atoms with Gasteiger partial charge in [0.15, 0.2) is 5.65 Å². The number of carbonyl (C=O) groups is 1. The second-order valence-electron chi connectivity index (χ2n) is 9.80. The zero-order valence-corrected chi connectivity index (χ0v) is 19.9. The molecule has 4 aromatic rings. The van der Waals surface area contributed by atoms with E-state index < -0.39 is 5.82 Å². The van der Waals surface area contributed by atoms with Crippen molar-refractivity contribution in [1.29, 1.82) is 0 Å². The predicted molar refractivity (Wildman–Crippen MR) is 130 cm³/mol. The lowest BCUT2D eigenvalue weighted by molar-refractivity contribution is 0.0947. The zero-order chi connectivity index (χ0) is 24.1. The van der Waals surface area contributed by atoms with Gasteiger partial charge in [-0.15, -0.1) is 0 Å². The number of hydrogen-bond donors (Lipinski definition) is 1. The van der Waals surface area contributed by atoms with Crippen LogP contribution in [0.4, 0.5) is 4.39 Å². The van der Waals surface area contributed by atoms with Crippen molar-refractivity contribution in [2.24, 2.45) is 0 Å². The lowest BCUT2D eigenvalue weighted by atomic mass is 9.93. The first-order chi connectivity index (χ1) is 17.0. The Hall–Kier alpha value is -3.59. The number of halogens is 1. The van der Waals surface area contributed by atoms with E-state index in [0.717, 1.165) is 61.2 Å². The minimum absolute atomic E-state index is 0.0370. The van der Waals surface area contributed by atoms with Gasteiger partial charge in [0.25, 0.3) is 5.91 Å².